The lowest BCUT2D eigenvalue weighted by molar-refractivity contribution is -0.146. The molecule has 1 amide bonds. The monoisotopic (exact) mass is 628 g/mol. The maximum Gasteiger partial charge on any atom is 0.408 e. The van der Waals surface area contributed by atoms with Crippen LogP contribution in [0.4, 0.5) is 27.6 Å². The largest absolute Gasteiger partial charge is 0.480 e. The molecule has 7 nitrogen and oxygen atoms in total. The summed E-state index contributed by atoms with van der Waals surface area (Å²) < 4.78 is 69.9. The van der Waals surface area contributed by atoms with Gasteiger partial charge in [-0.05, 0) is 54.7 Å². The molecule has 1 unspecified atom stereocenters. The van der Waals surface area contributed by atoms with Crippen LogP contribution in [-0.4, -0.2) is 40.2 Å². The van der Waals surface area contributed by atoms with Crippen molar-refractivity contribution in [3.63, 3.8) is 0 Å². The first-order valence-electron chi connectivity index (χ1n) is 13.3. The quantitative estimate of drug-likeness (QED) is 0.174. The Morgan fingerprint density at radius 3 is 2.34 bits per heavy atom. The third-order valence-corrected chi connectivity index (χ3v) is 7.63. The predicted molar refractivity (Wildman–Crippen MR) is 152 cm³/mol. The fourth-order valence-corrected chi connectivity index (χ4v) is 5.31. The highest BCUT2D eigenvalue weighted by Gasteiger charge is 2.49. The van der Waals surface area contributed by atoms with Crippen LogP contribution in [0.1, 0.15) is 34.3 Å². The van der Waals surface area contributed by atoms with Crippen molar-refractivity contribution in [2.45, 2.75) is 37.5 Å². The van der Waals surface area contributed by atoms with Gasteiger partial charge in [-0.2, -0.15) is 18.4 Å². The SMILES string of the molecule is N#Cc1ccc(-c2ccc(C[C@H](NC(=O)c3c(F)cc(NC(C4CC4)C(F)(F)F)cc3F)C(=O)O)c3cccnc23)c(Cl)c1. The maximum absolute atomic E-state index is 14.9. The Kier molecular flexibility index (Phi) is 8.43. The number of hydrogen-bond acceptors (Lipinski definition) is 5. The van der Waals surface area contributed by atoms with E-state index in [0.29, 0.717) is 63.2 Å². The maximum atomic E-state index is 14.9. The molecule has 1 aromatic heterocycles. The molecule has 44 heavy (non-hydrogen) atoms. The molecule has 5 rings (SSSR count). The summed E-state index contributed by atoms with van der Waals surface area (Å²) in [6, 6.07) is 10.8. The number of nitrogens with one attached hydrogen (secondary N) is 2. The van der Waals surface area contributed by atoms with Crippen molar-refractivity contribution < 1.29 is 36.6 Å². The van der Waals surface area contributed by atoms with Crippen LogP contribution in [0.15, 0.2) is 60.8 Å². The van der Waals surface area contributed by atoms with E-state index < -0.39 is 58.9 Å². The second-order valence-corrected chi connectivity index (χ2v) is 10.8. The summed E-state index contributed by atoms with van der Waals surface area (Å²) in [5.41, 5.74) is 0.795. The lowest BCUT2D eigenvalue weighted by Crippen LogP contribution is -2.43. The normalized spacial score (nSPS) is 14.5. The standard InChI is InChI=1S/C31H22ClF5N4O3/c32-22-10-15(14-38)3-7-20(22)21-8-6-17(19-2-1-9-39-27(19)21)11-25(30(43)44)41-29(42)26-23(33)12-18(13-24(26)34)40-28(16-4-5-16)31(35,36)37/h1-3,6-10,12-13,16,25,28,40H,4-5,11H2,(H,41,42)(H,43,44)/t25-,28?/m0/s1. The second-order valence-electron chi connectivity index (χ2n) is 10.4. The Labute approximate surface area is 252 Å². The molecule has 13 heteroatoms. The van der Waals surface area contributed by atoms with Crippen LogP contribution < -0.4 is 10.6 Å². The number of aromatic nitrogens is 1. The average Bonchev–Trinajstić information content (AvgIpc) is 3.80. The summed E-state index contributed by atoms with van der Waals surface area (Å²) in [7, 11) is 0. The molecule has 0 saturated heterocycles. The summed E-state index contributed by atoms with van der Waals surface area (Å²) in [5, 5.41) is 24.0. The van der Waals surface area contributed by atoms with Gasteiger partial charge in [0.2, 0.25) is 0 Å². The number of carboxylic acids is 1. The summed E-state index contributed by atoms with van der Waals surface area (Å²) >= 11 is 6.40. The number of fused-ring (bicyclic) bond motifs is 1. The van der Waals surface area contributed by atoms with Crippen LogP contribution >= 0.6 is 11.6 Å². The van der Waals surface area contributed by atoms with E-state index in [0.717, 1.165) is 0 Å². The number of rotatable bonds is 9. The van der Waals surface area contributed by atoms with E-state index in [-0.39, 0.29) is 6.42 Å². The number of alkyl halides is 3. The number of carboxylic acid groups (broad SMARTS) is 1. The number of amides is 1. The van der Waals surface area contributed by atoms with Gasteiger partial charge in [0.1, 0.15) is 29.3 Å². The third kappa shape index (κ3) is 6.43. The van der Waals surface area contributed by atoms with Crippen molar-refractivity contribution in [3.8, 4) is 17.2 Å². The van der Waals surface area contributed by atoms with Crippen molar-refractivity contribution in [1.82, 2.24) is 10.3 Å². The number of benzene rings is 3. The number of nitrogens with zero attached hydrogens (tertiary/aromatic N) is 2. The van der Waals surface area contributed by atoms with Crippen LogP contribution in [0, 0.1) is 28.9 Å². The zero-order chi connectivity index (χ0) is 31.8. The molecule has 1 heterocycles. The first-order chi connectivity index (χ1) is 20.9. The zero-order valence-electron chi connectivity index (χ0n) is 22.6. The van der Waals surface area contributed by atoms with Gasteiger partial charge in [0.05, 0.1) is 17.1 Å². The van der Waals surface area contributed by atoms with Crippen molar-refractivity contribution in [2.24, 2.45) is 5.92 Å². The summed E-state index contributed by atoms with van der Waals surface area (Å²) in [4.78, 5) is 29.4. The third-order valence-electron chi connectivity index (χ3n) is 7.31. The van der Waals surface area contributed by atoms with Crippen LogP contribution in [0.3, 0.4) is 0 Å². The fraction of sp³-hybridized carbons (Fsp3) is 0.226. The van der Waals surface area contributed by atoms with Crippen molar-refractivity contribution in [3.05, 3.63) is 94.1 Å². The molecule has 0 bridgehead atoms. The molecule has 1 fully saturated rings. The van der Waals surface area contributed by atoms with Gasteiger partial charge in [-0.25, -0.2) is 13.6 Å². The summed E-state index contributed by atoms with van der Waals surface area (Å²) in [6.07, 6.45) is -2.80. The number of nitriles is 1. The van der Waals surface area contributed by atoms with E-state index in [4.69, 9.17) is 16.9 Å². The van der Waals surface area contributed by atoms with E-state index in [1.807, 2.05) is 6.07 Å². The Bertz CT molecular complexity index is 1800. The minimum atomic E-state index is -4.65. The first-order valence-corrected chi connectivity index (χ1v) is 13.7. The molecule has 4 aromatic rings. The van der Waals surface area contributed by atoms with E-state index in [2.05, 4.69) is 15.6 Å². The Morgan fingerprint density at radius 1 is 1.07 bits per heavy atom. The molecule has 0 aliphatic heterocycles. The Balaban J connectivity index is 1.40. The van der Waals surface area contributed by atoms with Gasteiger partial charge >= 0.3 is 12.1 Å². The number of carbonyl (C=O) groups excluding carboxylic acids is 1. The molecule has 1 aliphatic carbocycles. The molecule has 1 saturated carbocycles. The molecule has 0 spiro atoms. The Hall–Kier alpha value is -4.76. The van der Waals surface area contributed by atoms with Crippen LogP contribution in [0.2, 0.25) is 5.02 Å². The van der Waals surface area contributed by atoms with E-state index in [9.17, 15) is 36.6 Å². The van der Waals surface area contributed by atoms with Gasteiger partial charge in [0.25, 0.3) is 5.91 Å². The number of hydrogen-bond donors (Lipinski definition) is 3. The topological polar surface area (TPSA) is 115 Å². The molecular weight excluding hydrogens is 607 g/mol. The van der Waals surface area contributed by atoms with Crippen LogP contribution in [-0.2, 0) is 11.2 Å². The van der Waals surface area contributed by atoms with Gasteiger partial charge in [-0.3, -0.25) is 9.78 Å². The van der Waals surface area contributed by atoms with Crippen molar-refractivity contribution in [1.29, 1.82) is 5.26 Å². The number of aliphatic carboxylic acids is 1. The van der Waals surface area contributed by atoms with Gasteiger partial charge in [-0.1, -0.05) is 35.9 Å². The fourth-order valence-electron chi connectivity index (χ4n) is 5.03. The number of halogens is 6. The highest BCUT2D eigenvalue weighted by molar-refractivity contribution is 6.33. The minimum absolute atomic E-state index is 0.297. The predicted octanol–water partition coefficient (Wildman–Crippen LogP) is 6.88. The van der Waals surface area contributed by atoms with Gasteiger partial charge in [0.15, 0.2) is 0 Å². The highest BCUT2D eigenvalue weighted by atomic mass is 35.5. The smallest absolute Gasteiger partial charge is 0.408 e. The molecule has 3 N–H and O–H groups in total. The van der Waals surface area contributed by atoms with Crippen molar-refractivity contribution in [2.75, 3.05) is 5.32 Å². The van der Waals surface area contributed by atoms with Gasteiger partial charge in [0, 0.05) is 39.8 Å². The number of carbonyl (C=O) groups is 2. The molecule has 3 aromatic carbocycles. The van der Waals surface area contributed by atoms with Gasteiger partial charge < -0.3 is 15.7 Å². The first kappa shape index (κ1) is 30.7. The number of pyridine rings is 1. The lowest BCUT2D eigenvalue weighted by atomic mass is 9.94. The average molecular weight is 629 g/mol. The molecule has 226 valence electrons. The lowest BCUT2D eigenvalue weighted by Gasteiger charge is -2.23. The van der Waals surface area contributed by atoms with Crippen molar-refractivity contribution >= 4 is 40.1 Å². The molecule has 0 radical (unpaired) electrons. The van der Waals surface area contributed by atoms with Crippen LogP contribution in [0.5, 0.6) is 0 Å². The zero-order valence-corrected chi connectivity index (χ0v) is 23.3. The molecular formula is C31H22ClF5N4O3. The molecule has 2 atom stereocenters. The molecule has 1 aliphatic rings. The highest BCUT2D eigenvalue weighted by Crippen LogP contribution is 2.42. The van der Waals surface area contributed by atoms with E-state index in [1.54, 1.807) is 36.4 Å². The van der Waals surface area contributed by atoms with E-state index in [1.165, 1.54) is 12.3 Å². The minimum Gasteiger partial charge on any atom is -0.480 e. The second kappa shape index (κ2) is 12.1. The Morgan fingerprint density at radius 2 is 1.75 bits per heavy atom. The number of anilines is 1. The van der Waals surface area contributed by atoms with Gasteiger partial charge in [-0.15, -0.1) is 0 Å². The summed E-state index contributed by atoms with van der Waals surface area (Å²) in [6.45, 7) is 0. The van der Waals surface area contributed by atoms with Crippen LogP contribution in [0.25, 0.3) is 22.0 Å². The van der Waals surface area contributed by atoms with E-state index >= 15 is 0 Å². The summed E-state index contributed by atoms with van der Waals surface area (Å²) in [5.74, 6) is -6.52.